The lowest BCUT2D eigenvalue weighted by molar-refractivity contribution is 0.00578. The van der Waals surface area contributed by atoms with Gasteiger partial charge in [0.1, 0.15) is 5.82 Å². The van der Waals surface area contributed by atoms with Gasteiger partial charge in [-0.05, 0) is 27.7 Å². The largest absolute Gasteiger partial charge is 0.496 e. The molecule has 7 heteroatoms. The van der Waals surface area contributed by atoms with Crippen molar-refractivity contribution in [2.45, 2.75) is 58.2 Å². The number of carbonyl (C=O) groups is 1. The van der Waals surface area contributed by atoms with Crippen LogP contribution in [-0.4, -0.2) is 41.0 Å². The zero-order valence-corrected chi connectivity index (χ0v) is 14.5. The fourth-order valence-corrected chi connectivity index (χ4v) is 3.01. The molecule has 1 N–H and O–H groups in total. The molecule has 2 aliphatic heterocycles. The highest BCUT2D eigenvalue weighted by Crippen LogP contribution is 2.40. The van der Waals surface area contributed by atoms with Crippen LogP contribution < -0.4 is 10.4 Å². The van der Waals surface area contributed by atoms with Crippen molar-refractivity contribution in [1.29, 1.82) is 0 Å². The monoisotopic (exact) mass is 318 g/mol. The van der Waals surface area contributed by atoms with E-state index in [1.54, 1.807) is 6.20 Å². The van der Waals surface area contributed by atoms with Crippen molar-refractivity contribution in [2.24, 2.45) is 0 Å². The van der Waals surface area contributed by atoms with Crippen molar-refractivity contribution in [3.8, 4) is 0 Å². The molecule has 3 heterocycles. The van der Waals surface area contributed by atoms with Crippen LogP contribution in [0.5, 0.6) is 0 Å². The smallest absolute Gasteiger partial charge is 0.465 e. The molecular weight excluding hydrogens is 295 g/mol. The van der Waals surface area contributed by atoms with Crippen LogP contribution >= 0.6 is 0 Å². The van der Waals surface area contributed by atoms with Gasteiger partial charge in [0.05, 0.1) is 11.2 Å². The minimum Gasteiger partial charge on any atom is -0.465 e. The molecule has 0 saturated carbocycles. The average Bonchev–Trinajstić information content (AvgIpc) is 2.80. The van der Waals surface area contributed by atoms with Crippen LogP contribution in [0.25, 0.3) is 0 Å². The maximum Gasteiger partial charge on any atom is 0.496 e. The number of amides is 1. The summed E-state index contributed by atoms with van der Waals surface area (Å²) in [6.45, 7) is 12.5. The fraction of sp³-hybridized carbons (Fsp3) is 0.625. The first kappa shape index (κ1) is 16.3. The van der Waals surface area contributed by atoms with Gasteiger partial charge in [0.15, 0.2) is 0 Å². The zero-order valence-electron chi connectivity index (χ0n) is 14.5. The minimum absolute atomic E-state index is 0.291. The van der Waals surface area contributed by atoms with Crippen LogP contribution in [0.3, 0.4) is 0 Å². The predicted octanol–water partition coefficient (Wildman–Crippen LogP) is 2.16. The Balaban J connectivity index is 1.98. The molecular formula is C16H23BN2O4. The third kappa shape index (κ3) is 2.42. The van der Waals surface area contributed by atoms with Gasteiger partial charge in [-0.25, -0.2) is 9.78 Å². The third-order valence-electron chi connectivity index (χ3n) is 5.18. The minimum atomic E-state index is -0.979. The molecule has 1 aromatic heterocycles. The summed E-state index contributed by atoms with van der Waals surface area (Å²) in [5.74, 6) is 0.503. The van der Waals surface area contributed by atoms with E-state index >= 15 is 0 Å². The molecule has 0 radical (unpaired) electrons. The lowest BCUT2D eigenvalue weighted by Crippen LogP contribution is -2.41. The molecule has 124 valence electrons. The Bertz CT molecular complexity index is 656. The van der Waals surface area contributed by atoms with Gasteiger partial charge in [-0.2, -0.15) is 0 Å². The van der Waals surface area contributed by atoms with Crippen molar-refractivity contribution < 1.29 is 19.2 Å². The molecule has 1 fully saturated rings. The predicted molar refractivity (Wildman–Crippen MR) is 88.3 cm³/mol. The molecule has 1 saturated heterocycles. The summed E-state index contributed by atoms with van der Waals surface area (Å²) in [6, 6.07) is 1.97. The second kappa shape index (κ2) is 4.71. The quantitative estimate of drug-likeness (QED) is 0.803. The average molecular weight is 318 g/mol. The lowest BCUT2D eigenvalue weighted by atomic mass is 9.77. The van der Waals surface area contributed by atoms with E-state index in [1.165, 1.54) is 4.90 Å². The SMILES string of the molecule is CC1(C)CN(C(=O)O)c2ncc(B3OC(C)(C)C(C)(C)O3)cc21. The number of nitrogens with zero attached hydrogens (tertiary/aromatic N) is 2. The summed E-state index contributed by atoms with van der Waals surface area (Å²) in [5.41, 5.74) is 0.605. The Hall–Kier alpha value is -1.60. The highest BCUT2D eigenvalue weighted by Gasteiger charge is 2.52. The second-order valence-electron chi connectivity index (χ2n) is 7.98. The molecule has 6 nitrogen and oxygen atoms in total. The maximum atomic E-state index is 11.4. The van der Waals surface area contributed by atoms with E-state index in [0.29, 0.717) is 12.4 Å². The van der Waals surface area contributed by atoms with E-state index in [0.717, 1.165) is 11.0 Å². The topological polar surface area (TPSA) is 71.9 Å². The van der Waals surface area contributed by atoms with Crippen LogP contribution in [0.15, 0.2) is 12.3 Å². The molecule has 1 amide bonds. The van der Waals surface area contributed by atoms with Crippen molar-refractivity contribution in [1.82, 2.24) is 4.98 Å². The maximum absolute atomic E-state index is 11.4. The molecule has 0 aromatic carbocycles. The molecule has 0 atom stereocenters. The lowest BCUT2D eigenvalue weighted by Gasteiger charge is -2.32. The fourth-order valence-electron chi connectivity index (χ4n) is 3.01. The highest BCUT2D eigenvalue weighted by atomic mass is 16.7. The van der Waals surface area contributed by atoms with E-state index in [9.17, 15) is 9.90 Å². The summed E-state index contributed by atoms with van der Waals surface area (Å²) in [7, 11) is -0.493. The molecule has 3 rings (SSSR count). The summed E-state index contributed by atoms with van der Waals surface area (Å²) in [6.07, 6.45) is 0.672. The Morgan fingerprint density at radius 2 is 1.78 bits per heavy atom. The van der Waals surface area contributed by atoms with E-state index in [4.69, 9.17) is 9.31 Å². The van der Waals surface area contributed by atoms with Crippen LogP contribution in [0.4, 0.5) is 10.6 Å². The van der Waals surface area contributed by atoms with Crippen molar-refractivity contribution >= 4 is 24.5 Å². The van der Waals surface area contributed by atoms with Crippen molar-refractivity contribution in [3.63, 3.8) is 0 Å². The number of pyridine rings is 1. The summed E-state index contributed by atoms with van der Waals surface area (Å²) in [5, 5.41) is 9.35. The van der Waals surface area contributed by atoms with Crippen LogP contribution in [0.2, 0.25) is 0 Å². The van der Waals surface area contributed by atoms with Crippen molar-refractivity contribution in [3.05, 3.63) is 17.8 Å². The summed E-state index contributed by atoms with van der Waals surface area (Å²) >= 11 is 0. The van der Waals surface area contributed by atoms with Crippen molar-refractivity contribution in [2.75, 3.05) is 11.4 Å². The second-order valence-corrected chi connectivity index (χ2v) is 7.98. The number of fused-ring (bicyclic) bond motifs is 1. The summed E-state index contributed by atoms with van der Waals surface area (Å²) < 4.78 is 12.1. The van der Waals surface area contributed by atoms with Crippen LogP contribution in [-0.2, 0) is 14.7 Å². The zero-order chi connectivity index (χ0) is 17.2. The number of anilines is 1. The first-order valence-corrected chi connectivity index (χ1v) is 7.81. The number of hydrogen-bond donors (Lipinski definition) is 1. The number of carboxylic acid groups (broad SMARTS) is 1. The van der Waals surface area contributed by atoms with Gasteiger partial charge >= 0.3 is 13.2 Å². The Kier molecular flexibility index (Phi) is 3.33. The number of aromatic nitrogens is 1. The molecule has 1 aromatic rings. The van der Waals surface area contributed by atoms with E-state index in [-0.39, 0.29) is 5.41 Å². The van der Waals surface area contributed by atoms with Gasteiger partial charge in [0.2, 0.25) is 0 Å². The molecule has 0 unspecified atom stereocenters. The number of rotatable bonds is 1. The van der Waals surface area contributed by atoms with E-state index in [2.05, 4.69) is 4.98 Å². The normalized spacial score (nSPS) is 23.9. The van der Waals surface area contributed by atoms with Gasteiger partial charge in [-0.3, -0.25) is 4.90 Å². The standard InChI is InChI=1S/C16H23BN2O4/c1-14(2)9-19(13(20)21)12-11(14)7-10(8-18-12)17-22-15(3,4)16(5,6)23-17/h7-8H,9H2,1-6H3,(H,20,21). The Morgan fingerprint density at radius 3 is 2.30 bits per heavy atom. The van der Waals surface area contributed by atoms with Gasteiger partial charge in [0.25, 0.3) is 0 Å². The molecule has 0 aliphatic carbocycles. The molecule has 2 aliphatic rings. The molecule has 23 heavy (non-hydrogen) atoms. The third-order valence-corrected chi connectivity index (χ3v) is 5.18. The van der Waals surface area contributed by atoms with Gasteiger partial charge in [0, 0.05) is 29.2 Å². The number of hydrogen-bond acceptors (Lipinski definition) is 4. The Labute approximate surface area is 136 Å². The van der Waals surface area contributed by atoms with E-state index < -0.39 is 24.4 Å². The van der Waals surface area contributed by atoms with Crippen LogP contribution in [0, 0.1) is 0 Å². The summed E-state index contributed by atoms with van der Waals surface area (Å²) in [4.78, 5) is 17.1. The molecule has 0 spiro atoms. The first-order valence-electron chi connectivity index (χ1n) is 7.81. The van der Waals surface area contributed by atoms with Gasteiger partial charge in [-0.1, -0.05) is 19.9 Å². The first-order chi connectivity index (χ1) is 10.4. The molecule has 0 bridgehead atoms. The van der Waals surface area contributed by atoms with E-state index in [1.807, 2.05) is 47.6 Å². The Morgan fingerprint density at radius 1 is 1.22 bits per heavy atom. The highest BCUT2D eigenvalue weighted by molar-refractivity contribution is 6.62. The van der Waals surface area contributed by atoms with Gasteiger partial charge in [-0.15, -0.1) is 0 Å². The van der Waals surface area contributed by atoms with Crippen LogP contribution in [0.1, 0.15) is 47.1 Å². The van der Waals surface area contributed by atoms with Gasteiger partial charge < -0.3 is 14.4 Å².